The predicted octanol–water partition coefficient (Wildman–Crippen LogP) is 1.45. The number of hydrogen-bond acceptors (Lipinski definition) is 7. The van der Waals surface area contributed by atoms with Crippen molar-refractivity contribution < 1.29 is 32.6 Å². The first-order valence-electron chi connectivity index (χ1n) is 8.01. The number of benzene rings is 2. The van der Waals surface area contributed by atoms with Crippen molar-refractivity contribution in [1.82, 2.24) is 4.31 Å². The fourth-order valence-electron chi connectivity index (χ4n) is 2.20. The van der Waals surface area contributed by atoms with Gasteiger partial charge in [0.15, 0.2) is 6.61 Å². The molecule has 28 heavy (non-hydrogen) atoms. The number of phenols is 1. The Labute approximate surface area is 162 Å². The highest BCUT2D eigenvalue weighted by Gasteiger charge is 2.23. The fraction of sp³-hybridized carbons (Fsp3) is 0.222. The number of amides is 1. The Morgan fingerprint density at radius 3 is 2.46 bits per heavy atom. The summed E-state index contributed by atoms with van der Waals surface area (Å²) in [5.74, 6) is -1.42. The van der Waals surface area contributed by atoms with E-state index in [0.29, 0.717) is 0 Å². The standard InChI is InChI=1S/C18H20N2O7S/c1-20(2)28(24,25)16-10-13(7-8-15(16)26-3)19-17(22)11-27-18(23)12-5-4-6-14(21)9-12/h4-10,21H,11H2,1-3H3,(H,19,22). The van der Waals surface area contributed by atoms with Gasteiger partial charge in [-0.25, -0.2) is 17.5 Å². The van der Waals surface area contributed by atoms with Crippen LogP contribution >= 0.6 is 0 Å². The average molecular weight is 408 g/mol. The van der Waals surface area contributed by atoms with Crippen LogP contribution in [0.3, 0.4) is 0 Å². The molecular weight excluding hydrogens is 388 g/mol. The summed E-state index contributed by atoms with van der Waals surface area (Å²) >= 11 is 0. The Bertz CT molecular complexity index is 987. The van der Waals surface area contributed by atoms with E-state index in [1.165, 1.54) is 63.7 Å². The zero-order chi connectivity index (χ0) is 20.9. The lowest BCUT2D eigenvalue weighted by molar-refractivity contribution is -0.119. The molecule has 0 saturated carbocycles. The van der Waals surface area contributed by atoms with E-state index in [0.717, 1.165) is 4.31 Å². The van der Waals surface area contributed by atoms with Crippen LogP contribution in [0.4, 0.5) is 5.69 Å². The molecule has 0 aliphatic carbocycles. The van der Waals surface area contributed by atoms with Crippen LogP contribution in [-0.4, -0.2) is 57.5 Å². The van der Waals surface area contributed by atoms with Gasteiger partial charge >= 0.3 is 5.97 Å². The summed E-state index contributed by atoms with van der Waals surface area (Å²) in [4.78, 5) is 23.8. The van der Waals surface area contributed by atoms with Crippen LogP contribution in [0.15, 0.2) is 47.4 Å². The van der Waals surface area contributed by atoms with Gasteiger partial charge in [-0.3, -0.25) is 4.79 Å². The van der Waals surface area contributed by atoms with Crippen molar-refractivity contribution in [3.05, 3.63) is 48.0 Å². The number of sulfonamides is 1. The summed E-state index contributed by atoms with van der Waals surface area (Å²) in [6.07, 6.45) is 0. The molecule has 0 aromatic heterocycles. The second kappa shape index (κ2) is 8.72. The van der Waals surface area contributed by atoms with Crippen molar-refractivity contribution in [1.29, 1.82) is 0 Å². The summed E-state index contributed by atoms with van der Waals surface area (Å²) in [5.41, 5.74) is 0.288. The van der Waals surface area contributed by atoms with E-state index in [2.05, 4.69) is 5.32 Å². The van der Waals surface area contributed by atoms with E-state index in [1.807, 2.05) is 0 Å². The third-order valence-corrected chi connectivity index (χ3v) is 5.46. The number of ether oxygens (including phenoxy) is 2. The van der Waals surface area contributed by atoms with Gasteiger partial charge in [-0.1, -0.05) is 6.07 Å². The van der Waals surface area contributed by atoms with Gasteiger partial charge in [0.25, 0.3) is 5.91 Å². The predicted molar refractivity (Wildman–Crippen MR) is 101 cm³/mol. The van der Waals surface area contributed by atoms with Crippen molar-refractivity contribution in [3.63, 3.8) is 0 Å². The maximum atomic E-state index is 12.4. The Morgan fingerprint density at radius 2 is 1.86 bits per heavy atom. The van der Waals surface area contributed by atoms with Crippen molar-refractivity contribution in [2.45, 2.75) is 4.90 Å². The number of nitrogens with zero attached hydrogens (tertiary/aromatic N) is 1. The maximum Gasteiger partial charge on any atom is 0.338 e. The molecule has 2 rings (SSSR count). The van der Waals surface area contributed by atoms with Gasteiger partial charge in [0, 0.05) is 19.8 Å². The molecule has 0 aliphatic heterocycles. The minimum atomic E-state index is -3.80. The van der Waals surface area contributed by atoms with Crippen LogP contribution < -0.4 is 10.1 Å². The van der Waals surface area contributed by atoms with E-state index in [1.54, 1.807) is 0 Å². The molecule has 0 atom stereocenters. The smallest absolute Gasteiger partial charge is 0.338 e. The summed E-state index contributed by atoms with van der Waals surface area (Å²) < 4.78 is 35.8. The molecule has 0 fully saturated rings. The van der Waals surface area contributed by atoms with Crippen LogP contribution in [-0.2, 0) is 19.6 Å². The first-order valence-corrected chi connectivity index (χ1v) is 9.45. The quantitative estimate of drug-likeness (QED) is 0.665. The van der Waals surface area contributed by atoms with Crippen LogP contribution in [0, 0.1) is 0 Å². The van der Waals surface area contributed by atoms with Crippen molar-refractivity contribution in [3.8, 4) is 11.5 Å². The number of anilines is 1. The second-order valence-corrected chi connectivity index (χ2v) is 7.95. The van der Waals surface area contributed by atoms with Crippen LogP contribution in [0.2, 0.25) is 0 Å². The molecule has 0 saturated heterocycles. The Kier molecular flexibility index (Phi) is 6.60. The average Bonchev–Trinajstić information content (AvgIpc) is 2.65. The summed E-state index contributed by atoms with van der Waals surface area (Å²) in [7, 11) is 0.292. The molecule has 1 amide bonds. The third-order valence-electron chi connectivity index (χ3n) is 3.62. The molecule has 0 radical (unpaired) electrons. The van der Waals surface area contributed by atoms with Crippen LogP contribution in [0.25, 0.3) is 0 Å². The number of phenolic OH excluding ortho intramolecular Hbond substituents is 1. The van der Waals surface area contributed by atoms with Gasteiger partial charge < -0.3 is 19.9 Å². The van der Waals surface area contributed by atoms with E-state index >= 15 is 0 Å². The van der Waals surface area contributed by atoms with Gasteiger partial charge in [0.2, 0.25) is 10.0 Å². The number of aromatic hydroxyl groups is 1. The molecule has 0 unspecified atom stereocenters. The van der Waals surface area contributed by atoms with E-state index in [-0.39, 0.29) is 27.6 Å². The molecule has 0 spiro atoms. The topological polar surface area (TPSA) is 122 Å². The number of methoxy groups -OCH3 is 1. The van der Waals surface area contributed by atoms with Gasteiger partial charge in [0.1, 0.15) is 16.4 Å². The number of rotatable bonds is 7. The molecule has 0 bridgehead atoms. The third kappa shape index (κ3) is 4.99. The normalized spacial score (nSPS) is 11.1. The van der Waals surface area contributed by atoms with Crippen LogP contribution in [0.5, 0.6) is 11.5 Å². The van der Waals surface area contributed by atoms with Crippen molar-refractivity contribution in [2.24, 2.45) is 0 Å². The SMILES string of the molecule is COc1ccc(NC(=O)COC(=O)c2cccc(O)c2)cc1S(=O)(=O)N(C)C. The van der Waals surface area contributed by atoms with Gasteiger partial charge in [0.05, 0.1) is 12.7 Å². The molecule has 2 aromatic carbocycles. The lowest BCUT2D eigenvalue weighted by Crippen LogP contribution is -2.24. The summed E-state index contributed by atoms with van der Waals surface area (Å²) in [5, 5.41) is 11.8. The highest BCUT2D eigenvalue weighted by molar-refractivity contribution is 7.89. The number of carbonyl (C=O) groups excluding carboxylic acids is 2. The van der Waals surface area contributed by atoms with E-state index in [9.17, 15) is 23.1 Å². The minimum Gasteiger partial charge on any atom is -0.508 e. The van der Waals surface area contributed by atoms with Crippen molar-refractivity contribution >= 4 is 27.6 Å². The number of esters is 1. The molecular formula is C18H20N2O7S. The first-order chi connectivity index (χ1) is 13.1. The van der Waals surface area contributed by atoms with Gasteiger partial charge in [-0.05, 0) is 36.4 Å². The van der Waals surface area contributed by atoms with E-state index < -0.39 is 28.5 Å². The molecule has 0 aliphatic rings. The lowest BCUT2D eigenvalue weighted by atomic mass is 10.2. The Balaban J connectivity index is 2.09. The van der Waals surface area contributed by atoms with Gasteiger partial charge in [-0.2, -0.15) is 0 Å². The summed E-state index contributed by atoms with van der Waals surface area (Å²) in [6, 6.07) is 9.63. The maximum absolute atomic E-state index is 12.4. The lowest BCUT2D eigenvalue weighted by Gasteiger charge is -2.16. The Morgan fingerprint density at radius 1 is 1.14 bits per heavy atom. The number of hydrogen-bond donors (Lipinski definition) is 2. The molecule has 10 heteroatoms. The molecule has 0 heterocycles. The number of carbonyl (C=O) groups is 2. The van der Waals surface area contributed by atoms with E-state index in [4.69, 9.17) is 9.47 Å². The summed E-state index contributed by atoms with van der Waals surface area (Å²) in [6.45, 7) is -0.587. The highest BCUT2D eigenvalue weighted by Crippen LogP contribution is 2.28. The zero-order valence-corrected chi connectivity index (χ0v) is 16.3. The molecule has 2 N–H and O–H groups in total. The largest absolute Gasteiger partial charge is 0.508 e. The number of nitrogens with one attached hydrogen (secondary N) is 1. The monoisotopic (exact) mass is 408 g/mol. The molecule has 2 aromatic rings. The second-order valence-electron chi connectivity index (χ2n) is 5.83. The van der Waals surface area contributed by atoms with Gasteiger partial charge in [-0.15, -0.1) is 0 Å². The first kappa shape index (κ1) is 21.2. The minimum absolute atomic E-state index is 0.0941. The van der Waals surface area contributed by atoms with Crippen molar-refractivity contribution in [2.75, 3.05) is 33.1 Å². The Hall–Kier alpha value is -3.11. The fourth-order valence-corrected chi connectivity index (χ4v) is 3.27. The highest BCUT2D eigenvalue weighted by atomic mass is 32.2. The molecule has 150 valence electrons. The molecule has 9 nitrogen and oxygen atoms in total. The zero-order valence-electron chi connectivity index (χ0n) is 15.5. The van der Waals surface area contributed by atoms with Crippen LogP contribution in [0.1, 0.15) is 10.4 Å².